The Labute approximate surface area is 175 Å². The lowest BCUT2D eigenvalue weighted by Gasteiger charge is -2.33. The van der Waals surface area contributed by atoms with Gasteiger partial charge in [0.15, 0.2) is 0 Å². The van der Waals surface area contributed by atoms with Crippen LogP contribution < -0.4 is 10.2 Å². The summed E-state index contributed by atoms with van der Waals surface area (Å²) in [6, 6.07) is 3.19. The smallest absolute Gasteiger partial charge is 0.371 e. The number of aryl methyl sites for hydroxylation is 2. The van der Waals surface area contributed by atoms with Crippen molar-refractivity contribution in [1.82, 2.24) is 19.7 Å². The van der Waals surface area contributed by atoms with Crippen LogP contribution in [0.4, 0.5) is 33.5 Å². The van der Waals surface area contributed by atoms with Crippen molar-refractivity contribution in [2.45, 2.75) is 56.2 Å². The number of piperidine rings is 1. The van der Waals surface area contributed by atoms with Crippen molar-refractivity contribution < 1.29 is 22.0 Å². The summed E-state index contributed by atoms with van der Waals surface area (Å²) in [5.74, 6) is -1.54. The third-order valence-electron chi connectivity index (χ3n) is 4.68. The van der Waals surface area contributed by atoms with E-state index in [-0.39, 0.29) is 31.7 Å². The van der Waals surface area contributed by atoms with Crippen molar-refractivity contribution in [3.8, 4) is 0 Å². The summed E-state index contributed by atoms with van der Waals surface area (Å²) >= 11 is 1.32. The standard InChI is InChI=1S/C18H23F5N6S/c1-3-29-12(2)25-16(27-29)30-10-13-8-14(28-6-4-17(19,20)5-7-28)9-15(26-13)24-11-18(21,22)23/h8-9H,3-7,10-11H2,1-2H3,(H,24,26). The second-order valence-corrected chi connectivity index (χ2v) is 8.00. The number of rotatable bonds is 7. The summed E-state index contributed by atoms with van der Waals surface area (Å²) in [6.07, 6.45) is -4.97. The number of hydrogen-bond acceptors (Lipinski definition) is 6. The van der Waals surface area contributed by atoms with Crippen LogP contribution >= 0.6 is 11.8 Å². The normalized spacial score (nSPS) is 16.7. The van der Waals surface area contributed by atoms with Gasteiger partial charge in [0.2, 0.25) is 5.16 Å². The van der Waals surface area contributed by atoms with Gasteiger partial charge in [-0.05, 0) is 19.9 Å². The molecule has 0 saturated carbocycles. The third-order valence-corrected chi connectivity index (χ3v) is 5.55. The van der Waals surface area contributed by atoms with Crippen molar-refractivity contribution in [1.29, 1.82) is 0 Å². The molecule has 0 radical (unpaired) electrons. The Hall–Kier alpha value is -2.11. The van der Waals surface area contributed by atoms with Crippen molar-refractivity contribution in [3.05, 3.63) is 23.7 Å². The molecule has 12 heteroatoms. The highest BCUT2D eigenvalue weighted by Gasteiger charge is 2.34. The zero-order chi connectivity index (χ0) is 21.9. The zero-order valence-corrected chi connectivity index (χ0v) is 17.5. The molecule has 1 aliphatic heterocycles. The molecule has 0 aromatic carbocycles. The maximum absolute atomic E-state index is 13.5. The monoisotopic (exact) mass is 450 g/mol. The van der Waals surface area contributed by atoms with Gasteiger partial charge in [0.1, 0.15) is 18.2 Å². The van der Waals surface area contributed by atoms with Gasteiger partial charge in [0.05, 0.1) is 5.69 Å². The lowest BCUT2D eigenvalue weighted by molar-refractivity contribution is -0.115. The van der Waals surface area contributed by atoms with Gasteiger partial charge in [-0.2, -0.15) is 13.2 Å². The van der Waals surface area contributed by atoms with E-state index in [2.05, 4.69) is 20.4 Å². The molecule has 3 rings (SSSR count). The van der Waals surface area contributed by atoms with Crippen LogP contribution in [0.25, 0.3) is 0 Å². The van der Waals surface area contributed by atoms with E-state index in [4.69, 9.17) is 0 Å². The number of halogens is 5. The van der Waals surface area contributed by atoms with Gasteiger partial charge in [-0.15, -0.1) is 5.10 Å². The molecule has 2 aromatic rings. The minimum Gasteiger partial charge on any atom is -0.371 e. The van der Waals surface area contributed by atoms with Crippen LogP contribution in [-0.2, 0) is 12.3 Å². The first-order chi connectivity index (χ1) is 14.0. The predicted octanol–water partition coefficient (Wildman–Crippen LogP) is 4.50. The number of hydrogen-bond donors (Lipinski definition) is 1. The lowest BCUT2D eigenvalue weighted by Crippen LogP contribution is -2.39. The molecule has 2 aromatic heterocycles. The Bertz CT molecular complexity index is 859. The Balaban J connectivity index is 1.77. The molecule has 1 fully saturated rings. The highest BCUT2D eigenvalue weighted by molar-refractivity contribution is 7.98. The SMILES string of the molecule is CCn1nc(SCc2cc(N3CCC(F)(F)CC3)cc(NCC(F)(F)F)n2)nc1C. The molecular weight excluding hydrogens is 427 g/mol. The van der Waals surface area contributed by atoms with Gasteiger partial charge in [-0.25, -0.2) is 23.4 Å². The van der Waals surface area contributed by atoms with E-state index < -0.39 is 18.6 Å². The summed E-state index contributed by atoms with van der Waals surface area (Å²) in [7, 11) is 0. The molecule has 1 aliphatic rings. The number of nitrogens with zero attached hydrogens (tertiary/aromatic N) is 5. The fraction of sp³-hybridized carbons (Fsp3) is 0.611. The number of aromatic nitrogens is 4. The predicted molar refractivity (Wildman–Crippen MR) is 105 cm³/mol. The topological polar surface area (TPSA) is 58.9 Å². The van der Waals surface area contributed by atoms with E-state index in [9.17, 15) is 22.0 Å². The Morgan fingerprint density at radius 2 is 1.87 bits per heavy atom. The largest absolute Gasteiger partial charge is 0.405 e. The molecule has 1 saturated heterocycles. The second kappa shape index (κ2) is 8.94. The molecule has 0 bridgehead atoms. The van der Waals surface area contributed by atoms with E-state index in [1.807, 2.05) is 13.8 Å². The van der Waals surface area contributed by atoms with E-state index in [0.717, 1.165) is 5.82 Å². The van der Waals surface area contributed by atoms with Crippen molar-refractivity contribution in [3.63, 3.8) is 0 Å². The first kappa shape index (κ1) is 22.6. The summed E-state index contributed by atoms with van der Waals surface area (Å²) in [6.45, 7) is 3.49. The van der Waals surface area contributed by atoms with Crippen LogP contribution in [0.5, 0.6) is 0 Å². The van der Waals surface area contributed by atoms with Gasteiger partial charge in [-0.1, -0.05) is 11.8 Å². The molecule has 1 N–H and O–H groups in total. The van der Waals surface area contributed by atoms with Crippen LogP contribution in [0, 0.1) is 6.92 Å². The molecule has 0 atom stereocenters. The Kier molecular flexibility index (Phi) is 6.73. The summed E-state index contributed by atoms with van der Waals surface area (Å²) in [4.78, 5) is 10.4. The maximum atomic E-state index is 13.5. The number of nitrogens with one attached hydrogen (secondary N) is 1. The lowest BCUT2D eigenvalue weighted by atomic mass is 10.1. The van der Waals surface area contributed by atoms with Crippen molar-refractivity contribution >= 4 is 23.3 Å². The Morgan fingerprint density at radius 1 is 1.17 bits per heavy atom. The molecule has 0 spiro atoms. The summed E-state index contributed by atoms with van der Waals surface area (Å²) in [5, 5.41) is 7.18. The van der Waals surface area contributed by atoms with Gasteiger partial charge >= 0.3 is 6.18 Å². The highest BCUT2D eigenvalue weighted by Crippen LogP contribution is 2.32. The average Bonchev–Trinajstić information content (AvgIpc) is 3.04. The van der Waals surface area contributed by atoms with E-state index in [1.54, 1.807) is 15.6 Å². The van der Waals surface area contributed by atoms with E-state index in [1.165, 1.54) is 17.8 Å². The first-order valence-electron chi connectivity index (χ1n) is 9.53. The fourth-order valence-electron chi connectivity index (χ4n) is 3.09. The summed E-state index contributed by atoms with van der Waals surface area (Å²) < 4.78 is 66.6. The zero-order valence-electron chi connectivity index (χ0n) is 16.6. The molecule has 0 unspecified atom stereocenters. The number of anilines is 2. The van der Waals surface area contributed by atoms with Crippen LogP contribution in [-0.4, -0.2) is 51.5 Å². The van der Waals surface area contributed by atoms with Gasteiger partial charge in [-0.3, -0.25) is 0 Å². The van der Waals surface area contributed by atoms with Crippen molar-refractivity contribution in [2.24, 2.45) is 0 Å². The second-order valence-electron chi connectivity index (χ2n) is 7.06. The minimum absolute atomic E-state index is 0.0565. The molecular formula is C18H23F5N6S. The average molecular weight is 450 g/mol. The van der Waals surface area contributed by atoms with Crippen LogP contribution in [0.1, 0.15) is 31.3 Å². The number of pyridine rings is 1. The minimum atomic E-state index is -4.39. The van der Waals surface area contributed by atoms with Crippen LogP contribution in [0.2, 0.25) is 0 Å². The molecule has 30 heavy (non-hydrogen) atoms. The molecule has 3 heterocycles. The van der Waals surface area contributed by atoms with Crippen molar-refractivity contribution in [2.75, 3.05) is 29.9 Å². The maximum Gasteiger partial charge on any atom is 0.405 e. The highest BCUT2D eigenvalue weighted by atomic mass is 32.2. The molecule has 0 aliphatic carbocycles. The van der Waals surface area contributed by atoms with Crippen LogP contribution in [0.3, 0.4) is 0 Å². The fourth-order valence-corrected chi connectivity index (χ4v) is 3.87. The third kappa shape index (κ3) is 6.19. The van der Waals surface area contributed by atoms with E-state index in [0.29, 0.717) is 28.8 Å². The first-order valence-corrected chi connectivity index (χ1v) is 10.5. The van der Waals surface area contributed by atoms with Gasteiger partial charge < -0.3 is 10.2 Å². The molecule has 6 nitrogen and oxygen atoms in total. The molecule has 0 amide bonds. The quantitative estimate of drug-likeness (QED) is 0.495. The van der Waals surface area contributed by atoms with Crippen LogP contribution in [0.15, 0.2) is 17.3 Å². The summed E-state index contributed by atoms with van der Waals surface area (Å²) in [5.41, 5.74) is 1.09. The Morgan fingerprint density at radius 3 is 2.47 bits per heavy atom. The van der Waals surface area contributed by atoms with E-state index >= 15 is 0 Å². The van der Waals surface area contributed by atoms with Gasteiger partial charge in [0.25, 0.3) is 5.92 Å². The molecule has 166 valence electrons. The number of alkyl halides is 5. The van der Waals surface area contributed by atoms with Gasteiger partial charge in [0, 0.05) is 50.0 Å². The number of thioether (sulfide) groups is 1.